The standard InChI is InChI=1S/C2H6S.BrH/c1-3-2;/h1-2H3;1H/p-1. The number of hydrogen-bond donors (Lipinski definition) is 0. The zero-order valence-electron chi connectivity index (χ0n) is 2.79. The van der Waals surface area contributed by atoms with Crippen molar-refractivity contribution in [3.05, 3.63) is 0 Å². The molecule has 4 heavy (non-hydrogen) atoms. The fraction of sp³-hybridized carbons (Fsp3) is 1.00. The highest BCUT2D eigenvalue weighted by Crippen LogP contribution is 1.70. The van der Waals surface area contributed by atoms with E-state index >= 15 is 0 Å². The SMILES string of the molecule is CSC.[Br-]. The van der Waals surface area contributed by atoms with Crippen LogP contribution in [0, 0.1) is 0 Å². The summed E-state index contributed by atoms with van der Waals surface area (Å²) in [5.74, 6) is 0. The number of hydrogen-bond acceptors (Lipinski definition) is 1. The van der Waals surface area contributed by atoms with Gasteiger partial charge in [-0.3, -0.25) is 0 Å². The Labute approximate surface area is 41.7 Å². The molecule has 0 spiro atoms. The van der Waals surface area contributed by atoms with Gasteiger partial charge in [-0.05, 0) is 12.5 Å². The third-order valence-corrected chi connectivity index (χ3v) is 0. The molecule has 0 saturated heterocycles. The molecule has 0 amide bonds. The molecule has 2 heteroatoms. The van der Waals surface area contributed by atoms with Gasteiger partial charge in [0.25, 0.3) is 0 Å². The number of rotatable bonds is 0. The number of thioether (sulfide) groups is 1. The van der Waals surface area contributed by atoms with Gasteiger partial charge in [0.2, 0.25) is 0 Å². The molecule has 0 unspecified atom stereocenters. The fourth-order valence-corrected chi connectivity index (χ4v) is 0. The molecule has 0 fully saturated rings. The van der Waals surface area contributed by atoms with Crippen LogP contribution in [0.4, 0.5) is 0 Å². The maximum Gasteiger partial charge on any atom is -0.0187 e. The minimum absolute atomic E-state index is 0. The highest BCUT2D eigenvalue weighted by molar-refractivity contribution is 7.97. The quantitative estimate of drug-likeness (QED) is 0.376. The van der Waals surface area contributed by atoms with Crippen LogP contribution >= 0.6 is 11.8 Å². The summed E-state index contributed by atoms with van der Waals surface area (Å²) in [6, 6.07) is 0. The second kappa shape index (κ2) is 9.16. The lowest BCUT2D eigenvalue weighted by Crippen LogP contribution is -3.00. The van der Waals surface area contributed by atoms with E-state index in [0.29, 0.717) is 0 Å². The second-order valence-electron chi connectivity index (χ2n) is 0.408. The van der Waals surface area contributed by atoms with Crippen molar-refractivity contribution in [2.24, 2.45) is 0 Å². The van der Waals surface area contributed by atoms with Crippen LogP contribution in [0.5, 0.6) is 0 Å². The summed E-state index contributed by atoms with van der Waals surface area (Å²) in [6.45, 7) is 0. The molecule has 0 aromatic rings. The molecule has 0 radical (unpaired) electrons. The van der Waals surface area contributed by atoms with E-state index in [1.807, 2.05) is 12.5 Å². The summed E-state index contributed by atoms with van der Waals surface area (Å²) >= 11 is 1.75. The summed E-state index contributed by atoms with van der Waals surface area (Å²) in [4.78, 5) is 0. The Balaban J connectivity index is 0. The van der Waals surface area contributed by atoms with Gasteiger partial charge in [0.1, 0.15) is 0 Å². The van der Waals surface area contributed by atoms with Crippen molar-refractivity contribution in [3.63, 3.8) is 0 Å². The monoisotopic (exact) mass is 141 g/mol. The third kappa shape index (κ3) is 13.8. The van der Waals surface area contributed by atoms with Crippen LogP contribution in [-0.2, 0) is 0 Å². The van der Waals surface area contributed by atoms with Gasteiger partial charge < -0.3 is 17.0 Å². The van der Waals surface area contributed by atoms with Crippen molar-refractivity contribution in [3.8, 4) is 0 Å². The smallest absolute Gasteiger partial charge is 0.0187 e. The lowest BCUT2D eigenvalue weighted by molar-refractivity contribution is -0.000000737. The van der Waals surface area contributed by atoms with E-state index in [9.17, 15) is 0 Å². The molecule has 0 heterocycles. The van der Waals surface area contributed by atoms with E-state index in [1.165, 1.54) is 0 Å². The molecule has 0 aliphatic heterocycles. The first-order valence-corrected chi connectivity index (χ1v) is 2.45. The molecule has 0 aromatic heterocycles. The van der Waals surface area contributed by atoms with Crippen molar-refractivity contribution in [1.82, 2.24) is 0 Å². The van der Waals surface area contributed by atoms with Gasteiger partial charge in [-0.2, -0.15) is 11.8 Å². The highest BCUT2D eigenvalue weighted by atomic mass is 79.9. The minimum Gasteiger partial charge on any atom is -1.00 e. The summed E-state index contributed by atoms with van der Waals surface area (Å²) in [5.41, 5.74) is 0. The molecule has 0 rings (SSSR count). The molecule has 0 atom stereocenters. The molecule has 0 saturated carbocycles. The summed E-state index contributed by atoms with van der Waals surface area (Å²) in [5, 5.41) is 0. The van der Waals surface area contributed by atoms with Crippen LogP contribution in [0.2, 0.25) is 0 Å². The Kier molecular flexibility index (Phi) is 20.3. The van der Waals surface area contributed by atoms with E-state index < -0.39 is 0 Å². The van der Waals surface area contributed by atoms with Crippen LogP contribution in [0.3, 0.4) is 0 Å². The van der Waals surface area contributed by atoms with Gasteiger partial charge in [-0.15, -0.1) is 0 Å². The summed E-state index contributed by atoms with van der Waals surface area (Å²) in [6.07, 6.45) is 4.08. The van der Waals surface area contributed by atoms with E-state index in [1.54, 1.807) is 11.8 Å². The normalized spacial score (nSPS) is 4.50. The first kappa shape index (κ1) is 8.85. The lowest BCUT2D eigenvalue weighted by atomic mass is 11.9. The van der Waals surface area contributed by atoms with E-state index in [0.717, 1.165) is 0 Å². The van der Waals surface area contributed by atoms with Gasteiger partial charge >= 0.3 is 0 Å². The maximum absolute atomic E-state index is 2.04. The summed E-state index contributed by atoms with van der Waals surface area (Å²) in [7, 11) is 0. The molecule has 0 bridgehead atoms. The van der Waals surface area contributed by atoms with Crippen molar-refractivity contribution in [2.75, 3.05) is 12.5 Å². The summed E-state index contributed by atoms with van der Waals surface area (Å²) < 4.78 is 0. The predicted molar refractivity (Wildman–Crippen MR) is 19.4 cm³/mol. The van der Waals surface area contributed by atoms with Gasteiger partial charge in [-0.25, -0.2) is 0 Å². The highest BCUT2D eigenvalue weighted by Gasteiger charge is 1.32. The van der Waals surface area contributed by atoms with Gasteiger partial charge in [0.05, 0.1) is 0 Å². The fourth-order valence-electron chi connectivity index (χ4n) is 0. The van der Waals surface area contributed by atoms with Crippen molar-refractivity contribution in [2.45, 2.75) is 0 Å². The zero-order chi connectivity index (χ0) is 2.71. The van der Waals surface area contributed by atoms with Crippen LogP contribution < -0.4 is 17.0 Å². The first-order chi connectivity index (χ1) is 1.41. The van der Waals surface area contributed by atoms with E-state index in [-0.39, 0.29) is 17.0 Å². The van der Waals surface area contributed by atoms with Crippen LogP contribution in [-0.4, -0.2) is 12.5 Å². The molecule has 0 nitrogen and oxygen atoms in total. The Hall–Kier alpha value is 0.830. The van der Waals surface area contributed by atoms with Crippen molar-refractivity contribution in [1.29, 1.82) is 0 Å². The molecular formula is C2H6BrS-. The Morgan fingerprint density at radius 1 is 1.25 bits per heavy atom. The topological polar surface area (TPSA) is 0 Å². The second-order valence-corrected chi connectivity index (χ2v) is 1.22. The maximum atomic E-state index is 2.04. The van der Waals surface area contributed by atoms with Crippen LogP contribution in [0.15, 0.2) is 0 Å². The van der Waals surface area contributed by atoms with E-state index in [2.05, 4.69) is 0 Å². The molecule has 0 aromatic carbocycles. The molecule has 0 aliphatic rings. The molecular weight excluding hydrogens is 136 g/mol. The molecule has 28 valence electrons. The van der Waals surface area contributed by atoms with Gasteiger partial charge in [-0.1, -0.05) is 0 Å². The third-order valence-electron chi connectivity index (χ3n) is 0. The predicted octanol–water partition coefficient (Wildman–Crippen LogP) is -2.02. The Bertz CT molecular complexity index is 6.00. The first-order valence-electron chi connectivity index (χ1n) is 0.816. The molecule has 0 aliphatic carbocycles. The van der Waals surface area contributed by atoms with Crippen molar-refractivity contribution >= 4 is 11.8 Å². The largest absolute Gasteiger partial charge is 1.00 e. The zero-order valence-corrected chi connectivity index (χ0v) is 5.19. The van der Waals surface area contributed by atoms with Crippen molar-refractivity contribution < 1.29 is 17.0 Å². The van der Waals surface area contributed by atoms with Gasteiger partial charge in [0, 0.05) is 0 Å². The minimum atomic E-state index is 0. The van der Waals surface area contributed by atoms with Crippen LogP contribution in [0.1, 0.15) is 0 Å². The van der Waals surface area contributed by atoms with Gasteiger partial charge in [0.15, 0.2) is 0 Å². The Morgan fingerprint density at radius 3 is 1.25 bits per heavy atom. The molecule has 0 N–H and O–H groups in total. The average molecular weight is 142 g/mol. The van der Waals surface area contributed by atoms with Crippen LogP contribution in [0.25, 0.3) is 0 Å². The lowest BCUT2D eigenvalue weighted by Gasteiger charge is -1.51. The van der Waals surface area contributed by atoms with E-state index in [4.69, 9.17) is 0 Å². The average Bonchev–Trinajstić information content (AvgIpc) is 0.918. The Morgan fingerprint density at radius 2 is 1.25 bits per heavy atom. The number of halogens is 1.